The molecular formula is C13H13Cl3NOS-. The van der Waals surface area contributed by atoms with Crippen molar-refractivity contribution >= 4 is 34.5 Å². The summed E-state index contributed by atoms with van der Waals surface area (Å²) < 4.78 is 5.29. The Labute approximate surface area is 133 Å². The second-order valence-corrected chi connectivity index (χ2v) is 5.64. The maximum absolute atomic E-state index is 6.08. The summed E-state index contributed by atoms with van der Waals surface area (Å²) in [5, 5.41) is 6.57. The molecule has 0 aliphatic rings. The first-order chi connectivity index (χ1) is 8.70. The van der Waals surface area contributed by atoms with Crippen LogP contribution in [0.5, 0.6) is 5.75 Å². The summed E-state index contributed by atoms with van der Waals surface area (Å²) in [4.78, 5) is 1.29. The molecule has 0 aliphatic carbocycles. The zero-order valence-electron chi connectivity index (χ0n) is 10.3. The molecule has 0 aliphatic heterocycles. The van der Waals surface area contributed by atoms with Gasteiger partial charge in [-0.15, -0.1) is 11.3 Å². The molecule has 0 spiro atoms. The lowest BCUT2D eigenvalue weighted by atomic mass is 10.2. The molecule has 2 rings (SSSR count). The van der Waals surface area contributed by atoms with Crippen molar-refractivity contribution in [1.82, 2.24) is 5.32 Å². The topological polar surface area (TPSA) is 21.3 Å². The molecule has 0 fully saturated rings. The van der Waals surface area contributed by atoms with Crippen LogP contribution in [0, 0.1) is 0 Å². The van der Waals surface area contributed by atoms with Crippen molar-refractivity contribution in [2.75, 3.05) is 7.11 Å². The van der Waals surface area contributed by atoms with Crippen LogP contribution < -0.4 is 22.5 Å². The lowest BCUT2D eigenvalue weighted by molar-refractivity contribution is -0.00000368. The smallest absolute Gasteiger partial charge is 0.142 e. The summed E-state index contributed by atoms with van der Waals surface area (Å²) in [5.74, 6) is 0.680. The van der Waals surface area contributed by atoms with E-state index in [9.17, 15) is 0 Å². The fourth-order valence-corrected chi connectivity index (χ4v) is 2.99. The highest BCUT2D eigenvalue weighted by atomic mass is 35.5. The van der Waals surface area contributed by atoms with Gasteiger partial charge in [-0.05, 0) is 23.6 Å². The Morgan fingerprint density at radius 3 is 2.68 bits per heavy atom. The number of benzene rings is 1. The molecule has 2 nitrogen and oxygen atoms in total. The molecule has 0 saturated carbocycles. The predicted molar refractivity (Wildman–Crippen MR) is 77.9 cm³/mol. The average Bonchev–Trinajstić information content (AvgIpc) is 2.81. The molecule has 0 amide bonds. The lowest BCUT2D eigenvalue weighted by Gasteiger charge is -2.11. The third kappa shape index (κ3) is 4.55. The van der Waals surface area contributed by atoms with Gasteiger partial charge in [0.25, 0.3) is 0 Å². The van der Waals surface area contributed by atoms with Gasteiger partial charge in [0.15, 0.2) is 0 Å². The van der Waals surface area contributed by atoms with E-state index in [1.807, 2.05) is 12.1 Å². The number of hydrogen-bond acceptors (Lipinski definition) is 3. The first-order valence-corrected chi connectivity index (χ1v) is 7.09. The normalized spacial score (nSPS) is 10.1. The van der Waals surface area contributed by atoms with Crippen molar-refractivity contribution in [2.45, 2.75) is 13.1 Å². The third-order valence-corrected chi connectivity index (χ3v) is 3.86. The molecule has 104 valence electrons. The van der Waals surface area contributed by atoms with Crippen LogP contribution in [0.25, 0.3) is 0 Å². The van der Waals surface area contributed by atoms with Crippen molar-refractivity contribution in [3.8, 4) is 5.75 Å². The summed E-state index contributed by atoms with van der Waals surface area (Å²) in [6.07, 6.45) is 0. The number of thiophene rings is 1. The van der Waals surface area contributed by atoms with Crippen LogP contribution in [0.15, 0.2) is 29.6 Å². The molecular weight excluding hydrogens is 325 g/mol. The number of halogens is 3. The fourth-order valence-electron chi connectivity index (χ4n) is 1.71. The summed E-state index contributed by atoms with van der Waals surface area (Å²) >= 11 is 13.8. The van der Waals surface area contributed by atoms with E-state index in [1.54, 1.807) is 24.5 Å². The fraction of sp³-hybridized carbons (Fsp3) is 0.231. The van der Waals surface area contributed by atoms with Crippen molar-refractivity contribution in [3.05, 3.63) is 50.1 Å². The molecule has 6 heteroatoms. The van der Waals surface area contributed by atoms with Crippen LogP contribution in [0.3, 0.4) is 0 Å². The minimum atomic E-state index is 0. The van der Waals surface area contributed by atoms with Crippen LogP contribution in [0.4, 0.5) is 0 Å². The number of methoxy groups -OCH3 is 1. The molecule has 1 heterocycles. The molecule has 0 saturated heterocycles. The van der Waals surface area contributed by atoms with Gasteiger partial charge in [-0.1, -0.05) is 29.3 Å². The Morgan fingerprint density at radius 1 is 1.26 bits per heavy atom. The summed E-state index contributed by atoms with van der Waals surface area (Å²) in [5.41, 5.74) is 0.964. The highest BCUT2D eigenvalue weighted by Gasteiger charge is 2.09. The van der Waals surface area contributed by atoms with Gasteiger partial charge in [0.1, 0.15) is 5.75 Å². The molecule has 0 atom stereocenters. The second kappa shape index (κ2) is 7.98. The van der Waals surface area contributed by atoms with Gasteiger partial charge in [-0.25, -0.2) is 0 Å². The standard InChI is InChI=1S/C13H13Cl2NOS.ClH/c1-17-13-9(5-10(14)6-12(13)15)7-16-8-11-3-2-4-18-11;/h2-6,16H,7-8H2,1H3;1H/p-1. The van der Waals surface area contributed by atoms with E-state index in [4.69, 9.17) is 27.9 Å². The maximum atomic E-state index is 6.08. The van der Waals surface area contributed by atoms with Gasteiger partial charge in [-0.3, -0.25) is 0 Å². The molecule has 1 aromatic carbocycles. The van der Waals surface area contributed by atoms with E-state index in [2.05, 4.69) is 16.8 Å². The third-order valence-electron chi connectivity index (χ3n) is 2.48. The van der Waals surface area contributed by atoms with Crippen LogP contribution in [0.1, 0.15) is 10.4 Å². The second-order valence-electron chi connectivity index (χ2n) is 3.76. The molecule has 0 bridgehead atoms. The number of hydrogen-bond donors (Lipinski definition) is 1. The zero-order chi connectivity index (χ0) is 13.0. The molecule has 0 unspecified atom stereocenters. The van der Waals surface area contributed by atoms with Gasteiger partial charge in [0, 0.05) is 28.6 Å². The summed E-state index contributed by atoms with van der Waals surface area (Å²) in [6.45, 7) is 1.49. The first-order valence-electron chi connectivity index (χ1n) is 5.45. The number of rotatable bonds is 5. The van der Waals surface area contributed by atoms with Gasteiger partial charge in [-0.2, -0.15) is 0 Å². The monoisotopic (exact) mass is 336 g/mol. The quantitative estimate of drug-likeness (QED) is 0.889. The summed E-state index contributed by atoms with van der Waals surface area (Å²) in [6, 6.07) is 7.69. The Morgan fingerprint density at radius 2 is 2.05 bits per heavy atom. The minimum Gasteiger partial charge on any atom is -1.00 e. The zero-order valence-corrected chi connectivity index (χ0v) is 13.3. The highest BCUT2D eigenvalue weighted by molar-refractivity contribution is 7.09. The largest absolute Gasteiger partial charge is 1.00 e. The van der Waals surface area contributed by atoms with E-state index in [0.717, 1.165) is 12.1 Å². The van der Waals surface area contributed by atoms with Crippen molar-refractivity contribution in [1.29, 1.82) is 0 Å². The molecule has 0 radical (unpaired) electrons. The Bertz CT molecular complexity index is 517. The maximum Gasteiger partial charge on any atom is 0.142 e. The van der Waals surface area contributed by atoms with Crippen molar-refractivity contribution in [3.63, 3.8) is 0 Å². The van der Waals surface area contributed by atoms with Crippen LogP contribution in [-0.2, 0) is 13.1 Å². The lowest BCUT2D eigenvalue weighted by Crippen LogP contribution is -3.00. The van der Waals surface area contributed by atoms with E-state index in [-0.39, 0.29) is 12.4 Å². The van der Waals surface area contributed by atoms with Gasteiger partial charge >= 0.3 is 0 Å². The van der Waals surface area contributed by atoms with Gasteiger partial charge < -0.3 is 22.5 Å². The van der Waals surface area contributed by atoms with Crippen LogP contribution in [-0.4, -0.2) is 7.11 Å². The van der Waals surface area contributed by atoms with Crippen LogP contribution in [0.2, 0.25) is 10.0 Å². The number of ether oxygens (including phenoxy) is 1. The minimum absolute atomic E-state index is 0. The number of nitrogens with one attached hydrogen (secondary N) is 1. The van der Waals surface area contributed by atoms with E-state index < -0.39 is 0 Å². The Balaban J connectivity index is 0.00000180. The SMILES string of the molecule is COc1c(Cl)cc(Cl)cc1CNCc1cccs1.[Cl-]. The Hall–Kier alpha value is -0.450. The molecule has 1 aromatic heterocycles. The van der Waals surface area contributed by atoms with Gasteiger partial charge in [0.2, 0.25) is 0 Å². The highest BCUT2D eigenvalue weighted by Crippen LogP contribution is 2.32. The molecule has 19 heavy (non-hydrogen) atoms. The van der Waals surface area contributed by atoms with Crippen LogP contribution >= 0.6 is 34.5 Å². The predicted octanol–water partition coefficient (Wildman–Crippen LogP) is 1.36. The average molecular weight is 338 g/mol. The van der Waals surface area contributed by atoms with Crippen molar-refractivity contribution in [2.24, 2.45) is 0 Å². The molecule has 1 N–H and O–H groups in total. The summed E-state index contributed by atoms with van der Waals surface area (Å²) in [7, 11) is 1.61. The van der Waals surface area contributed by atoms with E-state index in [0.29, 0.717) is 22.3 Å². The Kier molecular flexibility index (Phi) is 6.97. The van der Waals surface area contributed by atoms with Gasteiger partial charge in [0.05, 0.1) is 12.1 Å². The van der Waals surface area contributed by atoms with E-state index in [1.165, 1.54) is 4.88 Å². The van der Waals surface area contributed by atoms with Crippen molar-refractivity contribution < 1.29 is 17.1 Å². The van der Waals surface area contributed by atoms with E-state index >= 15 is 0 Å². The molecule has 2 aromatic rings. The first kappa shape index (κ1) is 16.6.